The third-order valence-electron chi connectivity index (χ3n) is 10.1. The van der Waals surface area contributed by atoms with E-state index >= 15 is 0 Å². The number of likely N-dealkylation sites (N-methyl/N-ethyl adjacent to an activating group) is 1. The molecule has 0 saturated carbocycles. The smallest absolute Gasteiger partial charge is 0.229 e. The van der Waals surface area contributed by atoms with Crippen molar-refractivity contribution in [2.75, 3.05) is 82.3 Å². The highest BCUT2D eigenvalue weighted by molar-refractivity contribution is 9.10. The number of rotatable bonds is 11. The van der Waals surface area contributed by atoms with Gasteiger partial charge in [0, 0.05) is 86.5 Å². The van der Waals surface area contributed by atoms with Crippen molar-refractivity contribution < 1.29 is 9.30 Å². The highest BCUT2D eigenvalue weighted by Crippen LogP contribution is 2.41. The molecule has 4 aromatic rings. The van der Waals surface area contributed by atoms with Crippen molar-refractivity contribution >= 4 is 57.2 Å². The molecular formula is C38H51BrN9O2P. The van der Waals surface area contributed by atoms with E-state index < -0.39 is 7.14 Å². The second kappa shape index (κ2) is 16.0. The number of hydrogen-bond acceptors (Lipinski definition) is 11. The van der Waals surface area contributed by atoms with Crippen molar-refractivity contribution in [1.29, 1.82) is 0 Å². The lowest BCUT2D eigenvalue weighted by atomic mass is 9.99. The summed E-state index contributed by atoms with van der Waals surface area (Å²) in [7, 11) is 1.20. The summed E-state index contributed by atoms with van der Waals surface area (Å²) in [5, 5.41) is 7.52. The summed E-state index contributed by atoms with van der Waals surface area (Å²) in [4.78, 5) is 26.2. The predicted molar refractivity (Wildman–Crippen MR) is 214 cm³/mol. The van der Waals surface area contributed by atoms with Gasteiger partial charge in [-0.3, -0.25) is 4.90 Å². The molecule has 0 atom stereocenters. The van der Waals surface area contributed by atoms with Crippen LogP contribution in [0.2, 0.25) is 0 Å². The van der Waals surface area contributed by atoms with E-state index in [2.05, 4.69) is 96.2 Å². The van der Waals surface area contributed by atoms with Gasteiger partial charge in [-0.1, -0.05) is 20.8 Å². The van der Waals surface area contributed by atoms with Crippen molar-refractivity contribution in [2.45, 2.75) is 52.0 Å². The Morgan fingerprint density at radius 3 is 2.27 bits per heavy atom. The number of nitrogens with zero attached hydrogens (tertiary/aromatic N) is 7. The molecule has 272 valence electrons. The Balaban J connectivity index is 1.21. The van der Waals surface area contributed by atoms with E-state index in [0.29, 0.717) is 45.0 Å². The van der Waals surface area contributed by atoms with Gasteiger partial charge < -0.3 is 29.7 Å². The molecule has 4 heterocycles. The van der Waals surface area contributed by atoms with Crippen LogP contribution in [0.25, 0.3) is 11.4 Å². The van der Waals surface area contributed by atoms with Gasteiger partial charge in [-0.25, -0.2) is 15.0 Å². The molecule has 2 N–H and O–H groups in total. The second-order valence-electron chi connectivity index (χ2n) is 14.3. The lowest BCUT2D eigenvalue weighted by Crippen LogP contribution is -2.52. The van der Waals surface area contributed by atoms with Crippen molar-refractivity contribution in [2.24, 2.45) is 0 Å². The van der Waals surface area contributed by atoms with Crippen molar-refractivity contribution in [3.63, 3.8) is 0 Å². The Kier molecular flexibility index (Phi) is 11.7. The Morgan fingerprint density at radius 2 is 1.65 bits per heavy atom. The molecule has 0 unspecified atom stereocenters. The number of aryl methyl sites for hydroxylation is 1. The van der Waals surface area contributed by atoms with Crippen LogP contribution in [0.3, 0.4) is 0 Å². The summed E-state index contributed by atoms with van der Waals surface area (Å²) in [5.41, 5.74) is 5.86. The van der Waals surface area contributed by atoms with Crippen LogP contribution in [0, 0.1) is 0 Å². The number of anilines is 5. The van der Waals surface area contributed by atoms with Gasteiger partial charge in [0.2, 0.25) is 5.95 Å². The van der Waals surface area contributed by atoms with Gasteiger partial charge in [-0.2, -0.15) is 4.98 Å². The van der Waals surface area contributed by atoms with Crippen LogP contribution in [0.4, 0.5) is 28.8 Å². The van der Waals surface area contributed by atoms with Crippen molar-refractivity contribution in [3.05, 3.63) is 64.5 Å². The van der Waals surface area contributed by atoms with Gasteiger partial charge in [0.1, 0.15) is 18.7 Å². The minimum absolute atomic E-state index is 0.341. The first-order valence-electron chi connectivity index (χ1n) is 17.9. The minimum Gasteiger partial charge on any atom is -0.494 e. The molecule has 51 heavy (non-hydrogen) atoms. The first-order valence-corrected chi connectivity index (χ1v) is 21.3. The Labute approximate surface area is 311 Å². The summed E-state index contributed by atoms with van der Waals surface area (Å²) in [6, 6.07) is 10.7. The molecule has 0 radical (unpaired) electrons. The molecule has 13 heteroatoms. The number of piperidine rings is 1. The van der Waals surface area contributed by atoms with Crippen LogP contribution in [0.15, 0.2) is 53.4 Å². The molecule has 2 aliphatic heterocycles. The Morgan fingerprint density at radius 1 is 0.941 bits per heavy atom. The van der Waals surface area contributed by atoms with E-state index in [4.69, 9.17) is 9.72 Å². The lowest BCUT2D eigenvalue weighted by Gasteiger charge is -2.43. The highest BCUT2D eigenvalue weighted by atomic mass is 79.9. The zero-order chi connectivity index (χ0) is 36.3. The van der Waals surface area contributed by atoms with Crippen LogP contribution < -0.4 is 25.6 Å². The third kappa shape index (κ3) is 8.74. The quantitative estimate of drug-likeness (QED) is 0.149. The highest BCUT2D eigenvalue weighted by Gasteiger charge is 2.28. The second-order valence-corrected chi connectivity index (χ2v) is 18.3. The topological polar surface area (TPSA) is 112 Å². The maximum Gasteiger partial charge on any atom is 0.229 e. The van der Waals surface area contributed by atoms with E-state index in [1.807, 2.05) is 30.6 Å². The largest absolute Gasteiger partial charge is 0.494 e. The fraction of sp³-hybridized carbons (Fsp3) is 0.474. The monoisotopic (exact) mass is 775 g/mol. The van der Waals surface area contributed by atoms with Crippen LogP contribution in [0.1, 0.15) is 50.7 Å². The standard InChI is InChI=1S/C38H51BrN9O2P/c1-8-26-19-32(34(50-5)21-33(26)48-13-11-29(12-14-48)47-17-15-46(4)16-18-47)44-38-42-24-30(39)37(45-38)43-31-10-9-27(20-35(31)51(6,7)49)36-40-22-28(23-41-36)25(2)3/h9-10,19-25,29H,8,11-18H2,1-7H3,(H2,42,43,44,45). The number of nitrogens with one attached hydrogen (secondary N) is 2. The van der Waals surface area contributed by atoms with E-state index in [9.17, 15) is 4.57 Å². The summed E-state index contributed by atoms with van der Waals surface area (Å²) in [6.07, 6.45) is 8.65. The molecule has 0 aliphatic carbocycles. The molecule has 0 amide bonds. The van der Waals surface area contributed by atoms with Crippen LogP contribution in [-0.2, 0) is 11.0 Å². The predicted octanol–water partition coefficient (Wildman–Crippen LogP) is 7.34. The molecule has 2 fully saturated rings. The average Bonchev–Trinajstić information content (AvgIpc) is 3.13. The molecule has 0 spiro atoms. The third-order valence-corrected chi connectivity index (χ3v) is 12.2. The molecular weight excluding hydrogens is 725 g/mol. The first-order chi connectivity index (χ1) is 24.4. The number of ether oxygens (including phenoxy) is 1. The normalized spacial score (nSPS) is 16.5. The first kappa shape index (κ1) is 37.2. The molecule has 0 bridgehead atoms. The minimum atomic E-state index is -2.71. The molecule has 11 nitrogen and oxygen atoms in total. The van der Waals surface area contributed by atoms with Gasteiger partial charge >= 0.3 is 0 Å². The van der Waals surface area contributed by atoms with Crippen LogP contribution >= 0.6 is 23.1 Å². The van der Waals surface area contributed by atoms with E-state index in [0.717, 1.165) is 55.2 Å². The van der Waals surface area contributed by atoms with Gasteiger partial charge in [-0.15, -0.1) is 0 Å². The maximum absolute atomic E-state index is 13.6. The van der Waals surface area contributed by atoms with Crippen molar-refractivity contribution in [1.82, 2.24) is 29.7 Å². The average molecular weight is 777 g/mol. The molecule has 2 aromatic heterocycles. The summed E-state index contributed by atoms with van der Waals surface area (Å²) in [6.45, 7) is 16.7. The summed E-state index contributed by atoms with van der Waals surface area (Å²) in [5.74, 6) is 2.63. The van der Waals surface area contributed by atoms with Gasteiger partial charge in [0.25, 0.3) is 0 Å². The Hall–Kier alpha value is -3.57. The SMILES string of the molecule is CCc1cc(Nc2ncc(Br)c(Nc3ccc(-c4ncc(C(C)C)cn4)cc3P(C)(C)=O)n2)c(OC)cc1N1CCC(N2CCN(C)CC2)CC1. The number of hydrogen-bond donors (Lipinski definition) is 2. The molecule has 2 saturated heterocycles. The fourth-order valence-corrected chi connectivity index (χ4v) is 8.34. The number of methoxy groups -OCH3 is 1. The fourth-order valence-electron chi connectivity index (χ4n) is 6.89. The van der Waals surface area contributed by atoms with E-state index in [1.54, 1.807) is 26.6 Å². The molecule has 2 aromatic carbocycles. The Bertz CT molecular complexity index is 1870. The summed E-state index contributed by atoms with van der Waals surface area (Å²) >= 11 is 3.61. The number of benzene rings is 2. The zero-order valence-corrected chi connectivity index (χ0v) is 33.4. The van der Waals surface area contributed by atoms with E-state index in [-0.39, 0.29) is 0 Å². The van der Waals surface area contributed by atoms with Gasteiger partial charge in [-0.05, 0) is 96.9 Å². The lowest BCUT2D eigenvalue weighted by molar-refractivity contribution is 0.0982. The van der Waals surface area contributed by atoms with Crippen LogP contribution in [-0.4, -0.2) is 103 Å². The van der Waals surface area contributed by atoms with Gasteiger partial charge in [0.05, 0.1) is 23.0 Å². The van der Waals surface area contributed by atoms with E-state index in [1.165, 1.54) is 37.2 Å². The number of halogens is 1. The number of piperazine rings is 1. The number of aromatic nitrogens is 4. The van der Waals surface area contributed by atoms with Gasteiger partial charge in [0.15, 0.2) is 5.82 Å². The maximum atomic E-state index is 13.6. The summed E-state index contributed by atoms with van der Waals surface area (Å²) < 4.78 is 20.2. The van der Waals surface area contributed by atoms with Crippen molar-refractivity contribution in [3.8, 4) is 17.1 Å². The molecule has 6 rings (SSSR count). The molecule has 2 aliphatic rings. The van der Waals surface area contributed by atoms with Crippen LogP contribution in [0.5, 0.6) is 5.75 Å². The zero-order valence-electron chi connectivity index (χ0n) is 30.9.